The second-order valence-corrected chi connectivity index (χ2v) is 8.21. The van der Waals surface area contributed by atoms with Gasteiger partial charge >= 0.3 is 6.03 Å². The van der Waals surface area contributed by atoms with Crippen LogP contribution in [0.5, 0.6) is 0 Å². The Morgan fingerprint density at radius 2 is 2.04 bits per heavy atom. The molecule has 1 saturated heterocycles. The van der Waals surface area contributed by atoms with E-state index in [2.05, 4.69) is 15.4 Å². The predicted molar refractivity (Wildman–Crippen MR) is 105 cm³/mol. The zero-order valence-corrected chi connectivity index (χ0v) is 15.8. The molecule has 0 bridgehead atoms. The van der Waals surface area contributed by atoms with E-state index >= 15 is 0 Å². The highest BCUT2D eigenvalue weighted by Crippen LogP contribution is 2.37. The lowest BCUT2D eigenvalue weighted by atomic mass is 9.96. The van der Waals surface area contributed by atoms with Gasteiger partial charge in [-0.1, -0.05) is 18.2 Å². The van der Waals surface area contributed by atoms with Gasteiger partial charge in [0.25, 0.3) is 5.91 Å². The third kappa shape index (κ3) is 3.08. The molecule has 3 heterocycles. The van der Waals surface area contributed by atoms with Crippen LogP contribution in [0.4, 0.5) is 4.79 Å². The Bertz CT molecular complexity index is 1030. The molecular weight excluding hydrogens is 378 g/mol. The number of carbonyl (C=O) groups is 2. The van der Waals surface area contributed by atoms with Crippen LogP contribution in [0, 0.1) is 5.92 Å². The lowest BCUT2D eigenvalue weighted by molar-refractivity contribution is -0.123. The summed E-state index contributed by atoms with van der Waals surface area (Å²) in [6.45, 7) is 0.732. The van der Waals surface area contributed by atoms with Gasteiger partial charge in [0.2, 0.25) is 0 Å². The van der Waals surface area contributed by atoms with Gasteiger partial charge in [-0.2, -0.15) is 0 Å². The van der Waals surface area contributed by atoms with Gasteiger partial charge in [-0.05, 0) is 61.4 Å². The van der Waals surface area contributed by atoms with Crippen molar-refractivity contribution >= 4 is 34.9 Å². The van der Waals surface area contributed by atoms with Crippen LogP contribution in [0.3, 0.4) is 0 Å². The number of furan rings is 2. The van der Waals surface area contributed by atoms with Gasteiger partial charge in [-0.3, -0.25) is 14.8 Å². The molecule has 144 valence electrons. The maximum Gasteiger partial charge on any atom is 0.322 e. The zero-order valence-electron chi connectivity index (χ0n) is 15.0. The Hall–Kier alpha value is -2.71. The Morgan fingerprint density at radius 3 is 2.86 bits per heavy atom. The molecular formula is C20H19N3O4S. The fourth-order valence-electron chi connectivity index (χ4n) is 4.01. The molecule has 2 atom stereocenters. The van der Waals surface area contributed by atoms with Gasteiger partial charge < -0.3 is 14.2 Å². The molecule has 7 nitrogen and oxygen atoms in total. The molecule has 2 aromatic heterocycles. The summed E-state index contributed by atoms with van der Waals surface area (Å²) in [7, 11) is 0. The highest BCUT2D eigenvalue weighted by atomic mass is 32.2. The van der Waals surface area contributed by atoms with Gasteiger partial charge in [0.05, 0.1) is 0 Å². The van der Waals surface area contributed by atoms with Crippen molar-refractivity contribution in [3.05, 3.63) is 42.5 Å². The molecule has 2 aliphatic rings. The van der Waals surface area contributed by atoms with E-state index in [4.69, 9.17) is 8.83 Å². The number of hydrogen-bond acceptors (Lipinski definition) is 6. The number of hydrogen-bond donors (Lipinski definition) is 3. The Kier molecular flexibility index (Phi) is 4.17. The van der Waals surface area contributed by atoms with Crippen LogP contribution in [0.1, 0.15) is 19.3 Å². The molecule has 1 saturated carbocycles. The fraction of sp³-hybridized carbons (Fsp3) is 0.300. The molecule has 1 aromatic carbocycles. The number of imide groups is 1. The zero-order chi connectivity index (χ0) is 19.1. The molecule has 1 aliphatic heterocycles. The number of benzene rings is 1. The number of nitrogens with one attached hydrogen (secondary N) is 3. The smallest absolute Gasteiger partial charge is 0.322 e. The van der Waals surface area contributed by atoms with Crippen LogP contribution in [0.15, 0.2) is 56.4 Å². The number of carbonyl (C=O) groups excluding carboxylic acids is 2. The second kappa shape index (κ2) is 6.72. The van der Waals surface area contributed by atoms with Crippen molar-refractivity contribution in [2.75, 3.05) is 6.54 Å². The topological polar surface area (TPSA) is 96.5 Å². The molecule has 1 spiro atoms. The van der Waals surface area contributed by atoms with E-state index in [0.717, 1.165) is 29.0 Å². The van der Waals surface area contributed by atoms with Gasteiger partial charge in [-0.25, -0.2) is 4.79 Å². The van der Waals surface area contributed by atoms with Crippen LogP contribution < -0.4 is 15.4 Å². The standard InChI is InChI=1S/C20H19N3O4S/c24-18-20(23-19(25)22-18)8-7-12(10-20)11-21-28-17-6-5-15(27-17)16-9-13-3-1-2-4-14(13)26-16/h1-6,9,12,21H,7-8,10-11H2,(H2,22,23,24,25). The molecule has 28 heavy (non-hydrogen) atoms. The highest BCUT2D eigenvalue weighted by Gasteiger charge is 2.50. The van der Waals surface area contributed by atoms with Crippen molar-refractivity contribution in [1.29, 1.82) is 0 Å². The Morgan fingerprint density at radius 1 is 1.14 bits per heavy atom. The van der Waals surface area contributed by atoms with Gasteiger partial charge in [0.15, 0.2) is 16.6 Å². The van der Waals surface area contributed by atoms with E-state index in [0.29, 0.717) is 30.3 Å². The predicted octanol–water partition coefficient (Wildman–Crippen LogP) is 3.67. The maximum absolute atomic E-state index is 12.0. The summed E-state index contributed by atoms with van der Waals surface area (Å²) in [6.07, 6.45) is 2.22. The first-order chi connectivity index (χ1) is 13.6. The van der Waals surface area contributed by atoms with E-state index in [1.807, 2.05) is 42.5 Å². The van der Waals surface area contributed by atoms with Crippen LogP contribution >= 0.6 is 11.9 Å². The molecule has 3 N–H and O–H groups in total. The molecule has 8 heteroatoms. The quantitative estimate of drug-likeness (QED) is 0.449. The van der Waals surface area contributed by atoms with Crippen molar-refractivity contribution in [2.24, 2.45) is 5.92 Å². The molecule has 2 fully saturated rings. The van der Waals surface area contributed by atoms with Crippen LogP contribution in [-0.2, 0) is 4.79 Å². The molecule has 0 radical (unpaired) electrons. The minimum atomic E-state index is -0.715. The van der Waals surface area contributed by atoms with E-state index in [1.165, 1.54) is 11.9 Å². The van der Waals surface area contributed by atoms with Crippen LogP contribution in [0.25, 0.3) is 22.5 Å². The van der Waals surface area contributed by atoms with E-state index in [1.54, 1.807) is 0 Å². The van der Waals surface area contributed by atoms with Gasteiger partial charge in [0, 0.05) is 11.9 Å². The first-order valence-corrected chi connectivity index (χ1v) is 10.1. The van der Waals surface area contributed by atoms with E-state index < -0.39 is 5.54 Å². The number of amides is 3. The lowest BCUT2D eigenvalue weighted by Gasteiger charge is -2.19. The average molecular weight is 397 g/mol. The van der Waals surface area contributed by atoms with Crippen molar-refractivity contribution in [3.8, 4) is 11.5 Å². The molecule has 1 aliphatic carbocycles. The average Bonchev–Trinajstić information content (AvgIpc) is 3.43. The number of para-hydroxylation sites is 1. The Balaban J connectivity index is 1.17. The largest absolute Gasteiger partial charge is 0.453 e. The number of rotatable bonds is 5. The monoisotopic (exact) mass is 397 g/mol. The van der Waals surface area contributed by atoms with Crippen molar-refractivity contribution in [1.82, 2.24) is 15.4 Å². The lowest BCUT2D eigenvalue weighted by Crippen LogP contribution is -2.44. The van der Waals surface area contributed by atoms with E-state index in [9.17, 15) is 9.59 Å². The summed E-state index contributed by atoms with van der Waals surface area (Å²) < 4.78 is 15.0. The number of fused-ring (bicyclic) bond motifs is 1. The van der Waals surface area contributed by atoms with Crippen molar-refractivity contribution < 1.29 is 18.4 Å². The molecule has 3 aromatic rings. The summed E-state index contributed by atoms with van der Waals surface area (Å²) in [5.74, 6) is 1.51. The third-order valence-corrected chi connectivity index (χ3v) is 6.16. The minimum absolute atomic E-state index is 0.200. The SMILES string of the molecule is O=C1NC(=O)C2(CCC(CNSc3ccc(-c4cc5ccccc5o4)o3)C2)N1. The summed E-state index contributed by atoms with van der Waals surface area (Å²) in [5, 5.41) is 6.91. The molecule has 2 unspecified atom stereocenters. The van der Waals surface area contributed by atoms with E-state index in [-0.39, 0.29) is 11.9 Å². The normalized spacial score (nSPS) is 24.2. The fourth-order valence-corrected chi connectivity index (χ4v) is 4.74. The maximum atomic E-state index is 12.0. The van der Waals surface area contributed by atoms with Crippen molar-refractivity contribution in [3.63, 3.8) is 0 Å². The molecule has 3 amide bonds. The van der Waals surface area contributed by atoms with Crippen LogP contribution in [0.2, 0.25) is 0 Å². The van der Waals surface area contributed by atoms with Crippen molar-refractivity contribution in [2.45, 2.75) is 29.9 Å². The van der Waals surface area contributed by atoms with Gasteiger partial charge in [-0.15, -0.1) is 0 Å². The summed E-state index contributed by atoms with van der Waals surface area (Å²) in [4.78, 5) is 23.4. The second-order valence-electron chi connectivity index (χ2n) is 7.32. The third-order valence-electron chi connectivity index (χ3n) is 5.43. The molecule has 5 rings (SSSR count). The summed E-state index contributed by atoms with van der Waals surface area (Å²) in [5.41, 5.74) is 0.118. The summed E-state index contributed by atoms with van der Waals surface area (Å²) in [6, 6.07) is 13.2. The first kappa shape index (κ1) is 17.4. The highest BCUT2D eigenvalue weighted by molar-refractivity contribution is 7.97. The Labute approximate surface area is 165 Å². The van der Waals surface area contributed by atoms with Gasteiger partial charge in [0.1, 0.15) is 11.1 Å². The van der Waals surface area contributed by atoms with Crippen LogP contribution in [-0.4, -0.2) is 24.0 Å². The first-order valence-electron chi connectivity index (χ1n) is 9.23. The number of urea groups is 1. The summed E-state index contributed by atoms with van der Waals surface area (Å²) >= 11 is 1.42. The minimum Gasteiger partial charge on any atom is -0.453 e.